The Morgan fingerprint density at radius 3 is 2.56 bits per heavy atom. The summed E-state index contributed by atoms with van der Waals surface area (Å²) in [6.45, 7) is 0.321. The van der Waals surface area contributed by atoms with Gasteiger partial charge in [-0.05, 0) is 30.3 Å². The summed E-state index contributed by atoms with van der Waals surface area (Å²) in [4.78, 5) is 24.6. The van der Waals surface area contributed by atoms with Gasteiger partial charge in [-0.25, -0.2) is 13.2 Å². The Kier molecular flexibility index (Phi) is 8.18. The third kappa shape index (κ3) is 6.25. The molecular weight excluding hydrogens is 466 g/mol. The summed E-state index contributed by atoms with van der Waals surface area (Å²) in [5.41, 5.74) is 0.123. The molecule has 2 aromatic carbocycles. The Balaban J connectivity index is 1.62. The van der Waals surface area contributed by atoms with Crippen molar-refractivity contribution < 1.29 is 36.3 Å². The van der Waals surface area contributed by atoms with E-state index in [2.05, 4.69) is 5.32 Å². The van der Waals surface area contributed by atoms with Gasteiger partial charge in [-0.3, -0.25) is 4.79 Å². The highest BCUT2D eigenvalue weighted by molar-refractivity contribution is 7.99. The lowest BCUT2D eigenvalue weighted by atomic mass is 10.2. The molecule has 0 bridgehead atoms. The van der Waals surface area contributed by atoms with E-state index < -0.39 is 34.3 Å². The molecule has 172 valence electrons. The van der Waals surface area contributed by atoms with Gasteiger partial charge < -0.3 is 14.8 Å². The van der Waals surface area contributed by atoms with E-state index in [4.69, 9.17) is 9.47 Å². The van der Waals surface area contributed by atoms with Gasteiger partial charge in [-0.15, -0.1) is 0 Å². The van der Waals surface area contributed by atoms with Crippen LogP contribution in [0.1, 0.15) is 10.4 Å². The second-order valence-electron chi connectivity index (χ2n) is 6.54. The number of carbonyl (C=O) groups excluding carboxylic acids is 2. The van der Waals surface area contributed by atoms with Gasteiger partial charge in [0.25, 0.3) is 11.7 Å². The van der Waals surface area contributed by atoms with E-state index >= 15 is 0 Å². The minimum atomic E-state index is -3.80. The topological polar surface area (TPSA) is 102 Å². The lowest BCUT2D eigenvalue weighted by Gasteiger charge is -2.26. The van der Waals surface area contributed by atoms with Crippen LogP contribution in [0.25, 0.3) is 0 Å². The number of alkyl halides is 2. The number of rotatable bonds is 8. The van der Waals surface area contributed by atoms with Crippen molar-refractivity contribution in [2.45, 2.75) is 15.5 Å². The van der Waals surface area contributed by atoms with Crippen molar-refractivity contribution in [2.75, 3.05) is 38.2 Å². The summed E-state index contributed by atoms with van der Waals surface area (Å²) in [6, 6.07) is 11.3. The number of anilines is 1. The first-order valence-electron chi connectivity index (χ1n) is 9.46. The molecular formula is C20H20F2N2O6S2. The highest BCUT2D eigenvalue weighted by atomic mass is 32.2. The molecule has 1 N–H and O–H groups in total. The van der Waals surface area contributed by atoms with Gasteiger partial charge in [0.2, 0.25) is 10.0 Å². The maximum Gasteiger partial charge on any atom is 0.338 e. The number of morpholine rings is 1. The van der Waals surface area contributed by atoms with Crippen molar-refractivity contribution in [1.82, 2.24) is 4.31 Å². The van der Waals surface area contributed by atoms with Crippen LogP contribution in [0.5, 0.6) is 0 Å². The standard InChI is InChI=1S/C20H20F2N2O6S2/c21-20(22)31-17-7-2-1-6-16(17)23-18(25)13-30-19(26)14-4-3-5-15(12-14)32(27,28)24-8-10-29-11-9-24/h1-7,12,20H,8-11,13H2,(H,23,25). The number of thioether (sulfide) groups is 1. The highest BCUT2D eigenvalue weighted by Crippen LogP contribution is 2.31. The number of esters is 1. The summed E-state index contributed by atoms with van der Waals surface area (Å²) in [5, 5.41) is 2.42. The van der Waals surface area contributed by atoms with Gasteiger partial charge in [0.05, 0.1) is 29.4 Å². The van der Waals surface area contributed by atoms with E-state index in [0.29, 0.717) is 0 Å². The zero-order valence-corrected chi connectivity index (χ0v) is 18.3. The van der Waals surface area contributed by atoms with Crippen molar-refractivity contribution >= 4 is 39.3 Å². The number of sulfonamides is 1. The molecule has 1 fully saturated rings. The molecule has 0 radical (unpaired) electrons. The van der Waals surface area contributed by atoms with Gasteiger partial charge in [0.1, 0.15) is 0 Å². The van der Waals surface area contributed by atoms with E-state index in [1.807, 2.05) is 0 Å². The molecule has 0 unspecified atom stereocenters. The summed E-state index contributed by atoms with van der Waals surface area (Å²) < 4.78 is 62.2. The Morgan fingerprint density at radius 2 is 1.84 bits per heavy atom. The number of para-hydroxylation sites is 1. The van der Waals surface area contributed by atoms with Gasteiger partial charge in [-0.2, -0.15) is 13.1 Å². The number of halogens is 2. The number of nitrogens with one attached hydrogen (secondary N) is 1. The van der Waals surface area contributed by atoms with Crippen LogP contribution in [0.2, 0.25) is 0 Å². The molecule has 0 saturated carbocycles. The quantitative estimate of drug-likeness (QED) is 0.452. The molecule has 1 aliphatic heterocycles. The first-order valence-corrected chi connectivity index (χ1v) is 11.8. The number of carbonyl (C=O) groups is 2. The van der Waals surface area contributed by atoms with Crippen LogP contribution >= 0.6 is 11.8 Å². The highest BCUT2D eigenvalue weighted by Gasteiger charge is 2.27. The summed E-state index contributed by atoms with van der Waals surface area (Å²) >= 11 is 0.279. The average molecular weight is 487 g/mol. The molecule has 3 rings (SSSR count). The smallest absolute Gasteiger partial charge is 0.338 e. The first-order chi connectivity index (χ1) is 15.3. The van der Waals surface area contributed by atoms with E-state index in [9.17, 15) is 26.8 Å². The molecule has 0 atom stereocenters. The summed E-state index contributed by atoms with van der Waals surface area (Å²) in [6.07, 6.45) is 0. The fraction of sp³-hybridized carbons (Fsp3) is 0.300. The normalized spacial score (nSPS) is 14.8. The maximum absolute atomic E-state index is 12.7. The van der Waals surface area contributed by atoms with E-state index in [1.165, 1.54) is 40.7 Å². The van der Waals surface area contributed by atoms with E-state index in [0.717, 1.165) is 0 Å². The molecule has 1 saturated heterocycles. The molecule has 0 aromatic heterocycles. The fourth-order valence-corrected chi connectivity index (χ4v) is 4.94. The zero-order chi connectivity index (χ0) is 23.1. The van der Waals surface area contributed by atoms with Gasteiger partial charge in [0, 0.05) is 18.0 Å². The van der Waals surface area contributed by atoms with Crippen LogP contribution in [-0.4, -0.2) is 63.3 Å². The van der Waals surface area contributed by atoms with Gasteiger partial charge >= 0.3 is 5.97 Å². The summed E-state index contributed by atoms with van der Waals surface area (Å²) in [5.74, 6) is -4.28. The number of nitrogens with zero attached hydrogens (tertiary/aromatic N) is 1. The van der Waals surface area contributed by atoms with Crippen molar-refractivity contribution in [2.24, 2.45) is 0 Å². The Labute approximate surface area is 187 Å². The molecule has 1 amide bonds. The van der Waals surface area contributed by atoms with Crippen LogP contribution < -0.4 is 5.32 Å². The minimum Gasteiger partial charge on any atom is -0.452 e. The molecule has 1 heterocycles. The second kappa shape index (κ2) is 10.9. The minimum absolute atomic E-state index is 0.0409. The molecule has 0 aliphatic carbocycles. The molecule has 0 spiro atoms. The van der Waals surface area contributed by atoms with Crippen LogP contribution in [0.3, 0.4) is 0 Å². The molecule has 1 aliphatic rings. The number of amides is 1. The first kappa shape index (κ1) is 24.1. The summed E-state index contributed by atoms with van der Waals surface area (Å²) in [7, 11) is -3.80. The zero-order valence-electron chi connectivity index (χ0n) is 16.7. The number of benzene rings is 2. The Hall–Kier alpha value is -2.54. The average Bonchev–Trinajstić information content (AvgIpc) is 2.79. The third-order valence-corrected chi connectivity index (χ3v) is 7.07. The fourth-order valence-electron chi connectivity index (χ4n) is 2.89. The third-order valence-electron chi connectivity index (χ3n) is 4.39. The predicted octanol–water partition coefficient (Wildman–Crippen LogP) is 2.82. The largest absolute Gasteiger partial charge is 0.452 e. The van der Waals surface area contributed by atoms with Crippen LogP contribution in [0, 0.1) is 0 Å². The number of hydrogen-bond donors (Lipinski definition) is 1. The second-order valence-corrected chi connectivity index (χ2v) is 9.51. The Bertz CT molecular complexity index is 1080. The molecule has 12 heteroatoms. The van der Waals surface area contributed by atoms with Crippen molar-refractivity contribution in [3.05, 3.63) is 54.1 Å². The number of hydrogen-bond acceptors (Lipinski definition) is 7. The molecule has 8 nitrogen and oxygen atoms in total. The van der Waals surface area contributed by atoms with Crippen molar-refractivity contribution in [3.8, 4) is 0 Å². The molecule has 32 heavy (non-hydrogen) atoms. The molecule has 2 aromatic rings. The van der Waals surface area contributed by atoms with Crippen LogP contribution in [-0.2, 0) is 24.3 Å². The van der Waals surface area contributed by atoms with Crippen molar-refractivity contribution in [3.63, 3.8) is 0 Å². The number of ether oxygens (including phenoxy) is 2. The lowest BCUT2D eigenvalue weighted by Crippen LogP contribution is -2.40. The predicted molar refractivity (Wildman–Crippen MR) is 113 cm³/mol. The van der Waals surface area contributed by atoms with Crippen LogP contribution in [0.15, 0.2) is 58.3 Å². The van der Waals surface area contributed by atoms with Crippen molar-refractivity contribution in [1.29, 1.82) is 0 Å². The van der Waals surface area contributed by atoms with E-state index in [1.54, 1.807) is 12.1 Å². The monoisotopic (exact) mass is 486 g/mol. The van der Waals surface area contributed by atoms with Gasteiger partial charge in [-0.1, -0.05) is 30.0 Å². The maximum atomic E-state index is 12.7. The van der Waals surface area contributed by atoms with Crippen LogP contribution in [0.4, 0.5) is 14.5 Å². The van der Waals surface area contributed by atoms with Gasteiger partial charge in [0.15, 0.2) is 6.61 Å². The Morgan fingerprint density at radius 1 is 1.12 bits per heavy atom. The SMILES string of the molecule is O=C(COC(=O)c1cccc(S(=O)(=O)N2CCOCC2)c1)Nc1ccccc1SC(F)F. The lowest BCUT2D eigenvalue weighted by molar-refractivity contribution is -0.119. The van der Waals surface area contributed by atoms with E-state index in [-0.39, 0.29) is 59.1 Å².